The van der Waals surface area contributed by atoms with Crippen LogP contribution in [0.15, 0.2) is 48.5 Å². The van der Waals surface area contributed by atoms with Crippen molar-refractivity contribution >= 4 is 24.1 Å². The van der Waals surface area contributed by atoms with Crippen LogP contribution >= 0.6 is 0 Å². The maximum Gasteiger partial charge on any atom is 0.416 e. The van der Waals surface area contributed by atoms with E-state index in [0.717, 1.165) is 0 Å². The number of amides is 3. The van der Waals surface area contributed by atoms with E-state index in [2.05, 4.69) is 10.6 Å². The summed E-state index contributed by atoms with van der Waals surface area (Å²) in [6, 6.07) is 8.46. The molecule has 0 bridgehead atoms. The molecule has 3 amide bonds. The van der Waals surface area contributed by atoms with Crippen molar-refractivity contribution in [3.8, 4) is 0 Å². The fourth-order valence-corrected chi connectivity index (χ4v) is 6.53. The molecule has 0 aliphatic carbocycles. The molecule has 0 radical (unpaired) electrons. The summed E-state index contributed by atoms with van der Waals surface area (Å²) in [6.45, 7) is 8.12. The van der Waals surface area contributed by atoms with Crippen molar-refractivity contribution in [2.45, 2.75) is 108 Å². The van der Waals surface area contributed by atoms with Crippen LogP contribution in [-0.4, -0.2) is 66.1 Å². The number of ether oxygens (including phenoxy) is 4. The lowest BCUT2D eigenvalue weighted by Gasteiger charge is -2.52. The molecule has 1 spiro atoms. The summed E-state index contributed by atoms with van der Waals surface area (Å²) in [6.07, 6.45) is -12.3. The van der Waals surface area contributed by atoms with Crippen LogP contribution in [0.5, 0.6) is 0 Å². The van der Waals surface area contributed by atoms with Gasteiger partial charge in [0.1, 0.15) is 11.6 Å². The van der Waals surface area contributed by atoms with Gasteiger partial charge in [-0.25, -0.2) is 14.4 Å². The van der Waals surface area contributed by atoms with Gasteiger partial charge < -0.3 is 29.6 Å². The van der Waals surface area contributed by atoms with Crippen LogP contribution in [-0.2, 0) is 46.4 Å². The molecule has 2 aliphatic rings. The highest BCUT2D eigenvalue weighted by Gasteiger charge is 2.54. The highest BCUT2D eigenvalue weighted by Crippen LogP contribution is 2.45. The number of halogens is 6. The number of nitrogens with zero attached hydrogens (tertiary/aromatic N) is 1. The van der Waals surface area contributed by atoms with Crippen LogP contribution in [0.3, 0.4) is 0 Å². The summed E-state index contributed by atoms with van der Waals surface area (Å²) in [5, 5.41) is 5.37. The molecule has 11 nitrogen and oxygen atoms in total. The van der Waals surface area contributed by atoms with E-state index in [-0.39, 0.29) is 31.4 Å². The molecule has 2 heterocycles. The Morgan fingerprint density at radius 3 is 2.02 bits per heavy atom. The molecule has 0 saturated carbocycles. The Morgan fingerprint density at radius 1 is 0.889 bits per heavy atom. The first-order valence-electron chi connectivity index (χ1n) is 17.3. The fourth-order valence-electron chi connectivity index (χ4n) is 6.53. The minimum Gasteiger partial charge on any atom is -0.444 e. The lowest BCUT2D eigenvalue weighted by atomic mass is 9.74. The molecule has 4 rings (SSSR count). The highest BCUT2D eigenvalue weighted by molar-refractivity contribution is 5.82. The van der Waals surface area contributed by atoms with Crippen LogP contribution in [0.2, 0.25) is 0 Å². The summed E-state index contributed by atoms with van der Waals surface area (Å²) < 4.78 is 104. The molecule has 0 aromatic heterocycles. The number of alkyl halides is 6. The first-order valence-corrected chi connectivity index (χ1v) is 17.3. The Kier molecular flexibility index (Phi) is 12.5. The topological polar surface area (TPSA) is 132 Å². The Hall–Kier alpha value is -4.54. The Labute approximate surface area is 309 Å². The second-order valence-electron chi connectivity index (χ2n) is 15.0. The number of hydrogen-bond acceptors (Lipinski definition) is 8. The van der Waals surface area contributed by atoms with Crippen molar-refractivity contribution in [3.63, 3.8) is 0 Å². The predicted molar refractivity (Wildman–Crippen MR) is 180 cm³/mol. The van der Waals surface area contributed by atoms with Gasteiger partial charge in [0, 0.05) is 13.0 Å². The first-order chi connectivity index (χ1) is 24.9. The van der Waals surface area contributed by atoms with Crippen molar-refractivity contribution in [3.05, 3.63) is 70.8 Å². The van der Waals surface area contributed by atoms with Crippen molar-refractivity contribution in [1.29, 1.82) is 0 Å². The van der Waals surface area contributed by atoms with Gasteiger partial charge in [0.05, 0.1) is 34.9 Å². The number of hydrogen-bond donors (Lipinski definition) is 2. The number of benzene rings is 2. The predicted octanol–water partition coefficient (Wildman–Crippen LogP) is 7.63. The van der Waals surface area contributed by atoms with Crippen LogP contribution in [0, 0.1) is 5.92 Å². The number of piperidine rings is 1. The lowest BCUT2D eigenvalue weighted by molar-refractivity contribution is -0.158. The van der Waals surface area contributed by atoms with Crippen LogP contribution in [0.4, 0.5) is 35.9 Å². The van der Waals surface area contributed by atoms with Gasteiger partial charge in [-0.05, 0) is 82.2 Å². The van der Waals surface area contributed by atoms with Gasteiger partial charge >= 0.3 is 30.5 Å². The molecule has 2 aromatic carbocycles. The summed E-state index contributed by atoms with van der Waals surface area (Å²) in [7, 11) is 0. The summed E-state index contributed by atoms with van der Waals surface area (Å²) in [5.74, 6) is -1.62. The molecule has 0 unspecified atom stereocenters. The minimum absolute atomic E-state index is 0.0275. The van der Waals surface area contributed by atoms with Crippen molar-refractivity contribution in [2.24, 2.45) is 5.92 Å². The molecule has 17 heteroatoms. The Bertz CT molecular complexity index is 1650. The third-order valence-electron chi connectivity index (χ3n) is 9.39. The van der Waals surface area contributed by atoms with Gasteiger partial charge in [-0.3, -0.25) is 9.69 Å². The van der Waals surface area contributed by atoms with E-state index in [9.17, 15) is 45.5 Å². The molecule has 4 atom stereocenters. The fraction of sp³-hybridized carbons (Fsp3) is 0.568. The number of carbonyl (C=O) groups excluding carboxylic acids is 4. The van der Waals surface area contributed by atoms with E-state index in [0.29, 0.717) is 30.5 Å². The maximum absolute atomic E-state index is 14.1. The SMILES string of the molecule is CC(C)[C@H](NC(=O)OC(C)(C)C)C(=O)OCOC(=O)N1C[C@@]2(CCC(=O)N2)CC[C@@]1(CO[C@H](C)c1cc(C(F)(F)F)cc(C(F)(F)F)c1)c1ccccc1. The summed E-state index contributed by atoms with van der Waals surface area (Å²) in [4.78, 5) is 53.1. The van der Waals surface area contributed by atoms with Crippen molar-refractivity contribution in [1.82, 2.24) is 15.5 Å². The second-order valence-corrected chi connectivity index (χ2v) is 15.0. The standard InChI is InChI=1S/C37H45F6N3O8/c1-22(2)29(44-31(49)54-33(4,5)6)30(48)52-21-53-32(50)46-19-34(13-12-28(47)45-34)14-15-35(46,25-10-8-7-9-11-25)20-51-23(3)24-16-26(36(38,39)40)18-27(17-24)37(41,42)43/h7-11,16-18,22-23,29H,12-15,19-21H2,1-6H3,(H,44,49)(H,45,47)/t23-,29+,34-,35-/m1/s1. The van der Waals surface area contributed by atoms with Crippen LogP contribution < -0.4 is 10.6 Å². The monoisotopic (exact) mass is 773 g/mol. The van der Waals surface area contributed by atoms with Gasteiger partial charge in [-0.2, -0.15) is 26.3 Å². The largest absolute Gasteiger partial charge is 0.444 e. The van der Waals surface area contributed by atoms with Gasteiger partial charge in [0.25, 0.3) is 0 Å². The second kappa shape index (κ2) is 16.1. The van der Waals surface area contributed by atoms with E-state index in [1.54, 1.807) is 65.0 Å². The summed E-state index contributed by atoms with van der Waals surface area (Å²) >= 11 is 0. The molecule has 2 saturated heterocycles. The van der Waals surface area contributed by atoms with Crippen LogP contribution in [0.25, 0.3) is 0 Å². The average molecular weight is 774 g/mol. The molecule has 298 valence electrons. The molecule has 2 aliphatic heterocycles. The maximum atomic E-state index is 14.1. The number of likely N-dealkylation sites (tertiary alicyclic amines) is 1. The van der Waals surface area contributed by atoms with Gasteiger partial charge in [-0.1, -0.05) is 44.2 Å². The average Bonchev–Trinajstić information content (AvgIpc) is 3.44. The Balaban J connectivity index is 1.63. The zero-order chi connectivity index (χ0) is 40.3. The first kappa shape index (κ1) is 42.2. The van der Waals surface area contributed by atoms with Gasteiger partial charge in [0.15, 0.2) is 0 Å². The molecule has 2 aromatic rings. The molecular formula is C37H45F6N3O8. The molecule has 2 fully saturated rings. The molecule has 54 heavy (non-hydrogen) atoms. The number of nitrogens with one attached hydrogen (secondary N) is 2. The minimum atomic E-state index is -5.07. The molecular weight excluding hydrogens is 728 g/mol. The zero-order valence-electron chi connectivity index (χ0n) is 30.8. The highest BCUT2D eigenvalue weighted by atomic mass is 19.4. The third-order valence-corrected chi connectivity index (χ3v) is 9.39. The quantitative estimate of drug-likeness (QED) is 0.143. The summed E-state index contributed by atoms with van der Waals surface area (Å²) in [5.41, 5.74) is -6.03. The zero-order valence-corrected chi connectivity index (χ0v) is 30.8. The molecule has 2 N–H and O–H groups in total. The van der Waals surface area contributed by atoms with Gasteiger partial charge in [-0.15, -0.1) is 0 Å². The number of rotatable bonds is 10. The number of alkyl carbamates (subject to hydrolysis) is 1. The van der Waals surface area contributed by atoms with E-state index in [4.69, 9.17) is 18.9 Å². The smallest absolute Gasteiger partial charge is 0.416 e. The lowest BCUT2D eigenvalue weighted by Crippen LogP contribution is -2.65. The van der Waals surface area contributed by atoms with E-state index in [1.165, 1.54) is 11.8 Å². The van der Waals surface area contributed by atoms with Crippen molar-refractivity contribution in [2.75, 3.05) is 19.9 Å². The normalized spacial score (nSPS) is 21.7. The van der Waals surface area contributed by atoms with Crippen LogP contribution in [0.1, 0.15) is 95.6 Å². The van der Waals surface area contributed by atoms with Crippen molar-refractivity contribution < 1.29 is 64.5 Å². The number of esters is 1. The van der Waals surface area contributed by atoms with E-state index >= 15 is 0 Å². The van der Waals surface area contributed by atoms with Gasteiger partial charge in [0.2, 0.25) is 12.7 Å². The van der Waals surface area contributed by atoms with E-state index in [1.807, 2.05) is 0 Å². The number of carbonyl (C=O) groups is 4. The Morgan fingerprint density at radius 2 is 1.50 bits per heavy atom. The van der Waals surface area contributed by atoms with E-state index < -0.39 is 95.3 Å². The third kappa shape index (κ3) is 10.4.